The highest BCUT2D eigenvalue weighted by Crippen LogP contribution is 2.27. The lowest BCUT2D eigenvalue weighted by Gasteiger charge is -2.17. The van der Waals surface area contributed by atoms with Gasteiger partial charge in [-0.15, -0.1) is 0 Å². The Hall–Kier alpha value is -2.63. The molecule has 0 saturated heterocycles. The van der Waals surface area contributed by atoms with Crippen molar-refractivity contribution in [2.24, 2.45) is 0 Å². The molecular formula is C21H25F2NO3. The number of amides is 1. The van der Waals surface area contributed by atoms with Crippen molar-refractivity contribution in [2.45, 2.75) is 53.8 Å². The molecule has 4 nitrogen and oxygen atoms in total. The van der Waals surface area contributed by atoms with Gasteiger partial charge in [0.1, 0.15) is 12.4 Å². The highest BCUT2D eigenvalue weighted by Gasteiger charge is 2.16. The van der Waals surface area contributed by atoms with Crippen LogP contribution >= 0.6 is 0 Å². The predicted octanol–water partition coefficient (Wildman–Crippen LogP) is 5.78. The molecule has 0 spiro atoms. The van der Waals surface area contributed by atoms with Gasteiger partial charge in [-0.05, 0) is 55.0 Å². The first-order chi connectivity index (χ1) is 12.8. The molecule has 0 aliphatic carbocycles. The number of aryl methyl sites for hydroxylation is 4. The minimum absolute atomic E-state index is 0.200. The van der Waals surface area contributed by atoms with Crippen LogP contribution in [-0.2, 0) is 24.2 Å². The molecule has 0 radical (unpaired) electrons. The molecule has 2 aromatic rings. The molecule has 1 N–H and O–H groups in total. The van der Waals surface area contributed by atoms with Gasteiger partial charge in [-0.2, -0.15) is 8.78 Å². The molecule has 2 rings (SSSR count). The zero-order chi connectivity index (χ0) is 20.0. The Bertz CT molecular complexity index is 806. The SMILES string of the molecule is CCc1ccc(OCc2cc(CC)cc(C)c2NC(=O)OC(F)F)c(C)c1. The summed E-state index contributed by atoms with van der Waals surface area (Å²) in [5.41, 5.74) is 5.21. The number of carbonyl (C=O) groups excluding carboxylic acids is 1. The van der Waals surface area contributed by atoms with Gasteiger partial charge in [0, 0.05) is 5.56 Å². The van der Waals surface area contributed by atoms with E-state index < -0.39 is 12.7 Å². The molecule has 0 atom stereocenters. The molecule has 0 bridgehead atoms. The van der Waals surface area contributed by atoms with E-state index in [4.69, 9.17) is 4.74 Å². The minimum Gasteiger partial charge on any atom is -0.489 e. The van der Waals surface area contributed by atoms with Crippen LogP contribution in [0.15, 0.2) is 30.3 Å². The summed E-state index contributed by atoms with van der Waals surface area (Å²) in [6.07, 6.45) is 0.556. The second kappa shape index (κ2) is 9.35. The van der Waals surface area contributed by atoms with Gasteiger partial charge < -0.3 is 9.47 Å². The maximum absolute atomic E-state index is 12.3. The molecule has 0 aliphatic rings. The van der Waals surface area contributed by atoms with E-state index in [9.17, 15) is 13.6 Å². The van der Waals surface area contributed by atoms with Crippen molar-refractivity contribution in [3.8, 4) is 5.75 Å². The van der Waals surface area contributed by atoms with Gasteiger partial charge in [0.25, 0.3) is 0 Å². The van der Waals surface area contributed by atoms with E-state index in [1.54, 1.807) is 0 Å². The lowest BCUT2D eigenvalue weighted by atomic mass is 10.0. The highest BCUT2D eigenvalue weighted by molar-refractivity contribution is 5.87. The van der Waals surface area contributed by atoms with Gasteiger partial charge in [0.15, 0.2) is 0 Å². The second-order valence-corrected chi connectivity index (χ2v) is 6.33. The normalized spacial score (nSPS) is 10.8. The fourth-order valence-corrected chi connectivity index (χ4v) is 2.90. The molecule has 0 saturated carbocycles. The maximum Gasteiger partial charge on any atom is 0.416 e. The average Bonchev–Trinajstić information content (AvgIpc) is 2.61. The first-order valence-electron chi connectivity index (χ1n) is 8.94. The number of rotatable bonds is 7. The third-order valence-corrected chi connectivity index (χ3v) is 4.34. The maximum atomic E-state index is 12.3. The molecule has 146 valence electrons. The highest BCUT2D eigenvalue weighted by atomic mass is 19.3. The van der Waals surface area contributed by atoms with Crippen molar-refractivity contribution in [2.75, 3.05) is 5.32 Å². The molecule has 0 unspecified atom stereocenters. The van der Waals surface area contributed by atoms with Gasteiger partial charge in [-0.3, -0.25) is 5.32 Å². The van der Waals surface area contributed by atoms with E-state index >= 15 is 0 Å². The predicted molar refractivity (Wildman–Crippen MR) is 102 cm³/mol. The summed E-state index contributed by atoms with van der Waals surface area (Å²) < 4.78 is 34.4. The van der Waals surface area contributed by atoms with Crippen LogP contribution in [0.3, 0.4) is 0 Å². The second-order valence-electron chi connectivity index (χ2n) is 6.33. The Morgan fingerprint density at radius 1 is 1.04 bits per heavy atom. The molecule has 2 aromatic carbocycles. The van der Waals surface area contributed by atoms with Crippen LogP contribution in [0.4, 0.5) is 19.3 Å². The molecule has 0 heterocycles. The summed E-state index contributed by atoms with van der Waals surface area (Å²) in [5.74, 6) is 0.743. The Balaban J connectivity index is 2.25. The lowest BCUT2D eigenvalue weighted by Crippen LogP contribution is -2.19. The monoisotopic (exact) mass is 377 g/mol. The number of halogens is 2. The van der Waals surface area contributed by atoms with E-state index in [2.05, 4.69) is 23.0 Å². The molecule has 0 aromatic heterocycles. The fourth-order valence-electron chi connectivity index (χ4n) is 2.90. The standard InChI is InChI=1S/C21H25F2NO3/c1-5-15-7-8-18(13(3)9-15)26-12-17-11-16(6-2)10-14(4)19(17)24-21(25)27-20(22)23/h7-11,20H,5-6,12H2,1-4H3,(H,24,25). The third kappa shape index (κ3) is 5.67. The Morgan fingerprint density at radius 2 is 1.70 bits per heavy atom. The number of benzene rings is 2. The van der Waals surface area contributed by atoms with Gasteiger partial charge in [-0.1, -0.05) is 38.1 Å². The van der Waals surface area contributed by atoms with Crippen LogP contribution in [0, 0.1) is 13.8 Å². The van der Waals surface area contributed by atoms with E-state index in [0.29, 0.717) is 11.3 Å². The summed E-state index contributed by atoms with van der Waals surface area (Å²) in [6.45, 7) is 4.92. The van der Waals surface area contributed by atoms with Crippen molar-refractivity contribution in [3.63, 3.8) is 0 Å². The summed E-state index contributed by atoms with van der Waals surface area (Å²) in [4.78, 5) is 11.6. The van der Waals surface area contributed by atoms with Crippen LogP contribution in [0.1, 0.15) is 41.7 Å². The van der Waals surface area contributed by atoms with Crippen LogP contribution in [0.2, 0.25) is 0 Å². The molecular weight excluding hydrogens is 352 g/mol. The minimum atomic E-state index is -3.17. The van der Waals surface area contributed by atoms with Crippen molar-refractivity contribution >= 4 is 11.8 Å². The average molecular weight is 377 g/mol. The van der Waals surface area contributed by atoms with Crippen molar-refractivity contribution < 1.29 is 23.0 Å². The first kappa shape index (κ1) is 20.7. The van der Waals surface area contributed by atoms with Crippen LogP contribution < -0.4 is 10.1 Å². The number of ether oxygens (including phenoxy) is 2. The zero-order valence-electron chi connectivity index (χ0n) is 16.1. The molecule has 0 aliphatic heterocycles. The van der Waals surface area contributed by atoms with E-state index in [0.717, 1.165) is 35.3 Å². The number of hydrogen-bond acceptors (Lipinski definition) is 3. The summed E-state index contributed by atoms with van der Waals surface area (Å²) in [7, 11) is 0. The Morgan fingerprint density at radius 3 is 2.30 bits per heavy atom. The molecule has 1 amide bonds. The topological polar surface area (TPSA) is 47.6 Å². The number of nitrogens with one attached hydrogen (secondary N) is 1. The number of alkyl halides is 2. The van der Waals surface area contributed by atoms with Gasteiger partial charge >= 0.3 is 12.7 Å². The van der Waals surface area contributed by atoms with Crippen LogP contribution in [-0.4, -0.2) is 12.7 Å². The van der Waals surface area contributed by atoms with Crippen LogP contribution in [0.5, 0.6) is 5.75 Å². The van der Waals surface area contributed by atoms with Crippen molar-refractivity contribution in [1.29, 1.82) is 0 Å². The molecule has 27 heavy (non-hydrogen) atoms. The summed E-state index contributed by atoms with van der Waals surface area (Å²) >= 11 is 0. The third-order valence-electron chi connectivity index (χ3n) is 4.34. The molecule has 0 fully saturated rings. The van der Waals surface area contributed by atoms with Crippen LogP contribution in [0.25, 0.3) is 0 Å². The number of anilines is 1. The van der Waals surface area contributed by atoms with E-state index in [1.165, 1.54) is 5.56 Å². The number of carbonyl (C=O) groups is 1. The zero-order valence-corrected chi connectivity index (χ0v) is 16.1. The fraction of sp³-hybridized carbons (Fsp3) is 0.381. The van der Waals surface area contributed by atoms with Gasteiger partial charge in [0.05, 0.1) is 5.69 Å². The first-order valence-corrected chi connectivity index (χ1v) is 8.94. The van der Waals surface area contributed by atoms with E-state index in [1.807, 2.05) is 45.0 Å². The lowest BCUT2D eigenvalue weighted by molar-refractivity contribution is -0.0766. The largest absolute Gasteiger partial charge is 0.489 e. The Kier molecular flexibility index (Phi) is 7.16. The van der Waals surface area contributed by atoms with Gasteiger partial charge in [0.2, 0.25) is 0 Å². The quantitative estimate of drug-likeness (QED) is 0.665. The molecule has 6 heteroatoms. The summed E-state index contributed by atoms with van der Waals surface area (Å²) in [5, 5.41) is 2.41. The Labute approximate surface area is 158 Å². The summed E-state index contributed by atoms with van der Waals surface area (Å²) in [6, 6.07) is 9.81. The van der Waals surface area contributed by atoms with Crippen molar-refractivity contribution in [1.82, 2.24) is 0 Å². The smallest absolute Gasteiger partial charge is 0.416 e. The van der Waals surface area contributed by atoms with E-state index in [-0.39, 0.29) is 6.61 Å². The van der Waals surface area contributed by atoms with Crippen molar-refractivity contribution in [3.05, 3.63) is 58.1 Å². The van der Waals surface area contributed by atoms with Gasteiger partial charge in [-0.25, -0.2) is 4.79 Å². The number of hydrogen-bond donors (Lipinski definition) is 1.